The topological polar surface area (TPSA) is 66.5 Å². The number of rotatable bonds is 4. The highest BCUT2D eigenvalue weighted by Gasteiger charge is 2.27. The van der Waals surface area contributed by atoms with Gasteiger partial charge < -0.3 is 10.2 Å². The van der Waals surface area contributed by atoms with Gasteiger partial charge in [-0.3, -0.25) is 14.4 Å². The summed E-state index contributed by atoms with van der Waals surface area (Å²) in [6.07, 6.45) is 0. The van der Waals surface area contributed by atoms with Crippen molar-refractivity contribution in [3.05, 3.63) is 94.5 Å². The number of nitrogens with zero attached hydrogens (tertiary/aromatic N) is 1. The maximum Gasteiger partial charge on any atom is 0.253 e. The first-order valence-electron chi connectivity index (χ1n) is 9.34. The van der Waals surface area contributed by atoms with E-state index in [1.807, 2.05) is 42.5 Å². The molecule has 1 aliphatic rings. The molecule has 144 valence electrons. The molecule has 0 heterocycles. The van der Waals surface area contributed by atoms with E-state index < -0.39 is 0 Å². The summed E-state index contributed by atoms with van der Waals surface area (Å²) in [4.78, 5) is 38.8. The van der Waals surface area contributed by atoms with Crippen LogP contribution in [0.25, 0.3) is 11.1 Å². The van der Waals surface area contributed by atoms with Gasteiger partial charge >= 0.3 is 0 Å². The van der Waals surface area contributed by atoms with E-state index in [1.54, 1.807) is 43.3 Å². The highest BCUT2D eigenvalue weighted by atomic mass is 16.2. The van der Waals surface area contributed by atoms with E-state index in [0.717, 1.165) is 16.7 Å². The molecule has 0 spiro atoms. The number of fused-ring (bicyclic) bond motifs is 3. The van der Waals surface area contributed by atoms with Crippen molar-refractivity contribution in [1.82, 2.24) is 10.2 Å². The molecule has 0 aromatic heterocycles. The Balaban J connectivity index is 1.53. The molecule has 0 saturated heterocycles. The summed E-state index contributed by atoms with van der Waals surface area (Å²) in [5.41, 5.74) is 5.00. The van der Waals surface area contributed by atoms with Crippen molar-refractivity contribution in [2.75, 3.05) is 14.1 Å². The first kappa shape index (κ1) is 18.6. The van der Waals surface area contributed by atoms with Crippen LogP contribution in [0.15, 0.2) is 66.7 Å². The van der Waals surface area contributed by atoms with Crippen LogP contribution in [-0.2, 0) is 6.54 Å². The van der Waals surface area contributed by atoms with E-state index in [-0.39, 0.29) is 17.6 Å². The van der Waals surface area contributed by atoms with E-state index in [4.69, 9.17) is 0 Å². The van der Waals surface area contributed by atoms with Gasteiger partial charge in [0.25, 0.3) is 11.8 Å². The molecule has 0 unspecified atom stereocenters. The third kappa shape index (κ3) is 3.31. The third-order valence-electron chi connectivity index (χ3n) is 5.18. The molecule has 3 aromatic carbocycles. The van der Waals surface area contributed by atoms with Gasteiger partial charge in [0.05, 0.1) is 0 Å². The number of nitrogens with one attached hydrogen (secondary N) is 1. The van der Waals surface area contributed by atoms with Crippen LogP contribution < -0.4 is 5.32 Å². The molecule has 1 N–H and O–H groups in total. The minimum atomic E-state index is -0.160. The Labute approximate surface area is 169 Å². The van der Waals surface area contributed by atoms with Gasteiger partial charge in [0.2, 0.25) is 0 Å². The van der Waals surface area contributed by atoms with Crippen molar-refractivity contribution in [3.63, 3.8) is 0 Å². The fourth-order valence-electron chi connectivity index (χ4n) is 3.63. The number of ketones is 1. The molecular formula is C24H20N2O3. The van der Waals surface area contributed by atoms with Gasteiger partial charge in [-0.25, -0.2) is 0 Å². The van der Waals surface area contributed by atoms with Crippen LogP contribution in [0.5, 0.6) is 0 Å². The van der Waals surface area contributed by atoms with Crippen LogP contribution in [0.3, 0.4) is 0 Å². The largest absolute Gasteiger partial charge is 0.355 e. The molecule has 4 rings (SSSR count). The molecule has 0 radical (unpaired) electrons. The van der Waals surface area contributed by atoms with Gasteiger partial charge in [-0.1, -0.05) is 42.5 Å². The lowest BCUT2D eigenvalue weighted by atomic mass is 10.0. The molecule has 0 aliphatic heterocycles. The summed E-state index contributed by atoms with van der Waals surface area (Å²) in [7, 11) is 3.31. The molecule has 0 bridgehead atoms. The van der Waals surface area contributed by atoms with E-state index in [0.29, 0.717) is 28.8 Å². The molecule has 2 amide bonds. The normalized spacial score (nSPS) is 11.6. The Bertz CT molecular complexity index is 1130. The smallest absolute Gasteiger partial charge is 0.253 e. The van der Waals surface area contributed by atoms with Crippen LogP contribution in [0.1, 0.15) is 42.2 Å². The lowest BCUT2D eigenvalue weighted by molar-refractivity contribution is 0.0784. The first-order chi connectivity index (χ1) is 14.0. The summed E-state index contributed by atoms with van der Waals surface area (Å²) < 4.78 is 0. The molecule has 5 nitrogen and oxygen atoms in total. The second kappa shape index (κ2) is 7.36. The zero-order chi connectivity index (χ0) is 20.5. The molecule has 5 heteroatoms. The van der Waals surface area contributed by atoms with Gasteiger partial charge in [0.1, 0.15) is 0 Å². The van der Waals surface area contributed by atoms with Gasteiger partial charge in [0, 0.05) is 42.9 Å². The third-order valence-corrected chi connectivity index (χ3v) is 5.18. The standard InChI is InChI=1S/C24H20N2O3/c1-25-23(28)16-9-7-15(8-10-16)14-26(2)24(29)17-11-12-19-18-5-3-4-6-20(18)22(27)21(19)13-17/h3-13H,14H2,1-2H3,(H,25,28). The SMILES string of the molecule is CNC(=O)c1ccc(CN(C)C(=O)c2ccc3c(c2)C(=O)c2ccccc2-3)cc1. The van der Waals surface area contributed by atoms with E-state index in [9.17, 15) is 14.4 Å². The summed E-state index contributed by atoms with van der Waals surface area (Å²) in [6, 6.07) is 19.9. The molecule has 0 saturated carbocycles. The van der Waals surface area contributed by atoms with Crippen molar-refractivity contribution in [2.24, 2.45) is 0 Å². The maximum absolute atomic E-state index is 12.9. The van der Waals surface area contributed by atoms with Crippen molar-refractivity contribution >= 4 is 17.6 Å². The Hall–Kier alpha value is -3.73. The lowest BCUT2D eigenvalue weighted by Crippen LogP contribution is -2.26. The number of benzene rings is 3. The van der Waals surface area contributed by atoms with Gasteiger partial charge in [-0.2, -0.15) is 0 Å². The van der Waals surface area contributed by atoms with Crippen molar-refractivity contribution in [1.29, 1.82) is 0 Å². The quantitative estimate of drug-likeness (QED) is 0.585. The van der Waals surface area contributed by atoms with E-state index in [1.165, 1.54) is 0 Å². The van der Waals surface area contributed by atoms with Gasteiger partial charge in [-0.05, 0) is 41.0 Å². The minimum absolute atomic E-state index is 0.0438. The summed E-state index contributed by atoms with van der Waals surface area (Å²) in [5, 5.41) is 2.58. The van der Waals surface area contributed by atoms with Gasteiger partial charge in [-0.15, -0.1) is 0 Å². The molecule has 29 heavy (non-hydrogen) atoms. The fraction of sp³-hybridized carbons (Fsp3) is 0.125. The Morgan fingerprint density at radius 2 is 1.45 bits per heavy atom. The molecule has 3 aromatic rings. The fourth-order valence-corrected chi connectivity index (χ4v) is 3.63. The number of carbonyl (C=O) groups excluding carboxylic acids is 3. The number of hydrogen-bond acceptors (Lipinski definition) is 3. The number of hydrogen-bond donors (Lipinski definition) is 1. The molecule has 1 aliphatic carbocycles. The van der Waals surface area contributed by atoms with Crippen molar-refractivity contribution < 1.29 is 14.4 Å². The predicted octanol–water partition coefficient (Wildman–Crippen LogP) is 3.53. The van der Waals surface area contributed by atoms with Gasteiger partial charge in [0.15, 0.2) is 5.78 Å². The van der Waals surface area contributed by atoms with Crippen LogP contribution in [0, 0.1) is 0 Å². The molecular weight excluding hydrogens is 364 g/mol. The first-order valence-corrected chi connectivity index (χ1v) is 9.34. The minimum Gasteiger partial charge on any atom is -0.355 e. The summed E-state index contributed by atoms with van der Waals surface area (Å²) in [5.74, 6) is -0.352. The van der Waals surface area contributed by atoms with Crippen molar-refractivity contribution in [3.8, 4) is 11.1 Å². The second-order valence-corrected chi connectivity index (χ2v) is 7.07. The average Bonchev–Trinajstić information content (AvgIpc) is 3.05. The molecule has 0 atom stereocenters. The zero-order valence-corrected chi connectivity index (χ0v) is 16.2. The van der Waals surface area contributed by atoms with Crippen molar-refractivity contribution in [2.45, 2.75) is 6.54 Å². The number of amides is 2. The van der Waals surface area contributed by atoms with Crippen LogP contribution >= 0.6 is 0 Å². The summed E-state index contributed by atoms with van der Waals surface area (Å²) in [6.45, 7) is 0.401. The summed E-state index contributed by atoms with van der Waals surface area (Å²) >= 11 is 0. The van der Waals surface area contributed by atoms with E-state index >= 15 is 0 Å². The Morgan fingerprint density at radius 1 is 0.828 bits per heavy atom. The lowest BCUT2D eigenvalue weighted by Gasteiger charge is -2.18. The number of carbonyl (C=O) groups is 3. The second-order valence-electron chi connectivity index (χ2n) is 7.07. The van der Waals surface area contributed by atoms with Crippen LogP contribution in [-0.4, -0.2) is 36.6 Å². The monoisotopic (exact) mass is 384 g/mol. The zero-order valence-electron chi connectivity index (χ0n) is 16.2. The highest BCUT2D eigenvalue weighted by molar-refractivity contribution is 6.22. The average molecular weight is 384 g/mol. The van der Waals surface area contributed by atoms with Crippen LogP contribution in [0.4, 0.5) is 0 Å². The predicted molar refractivity (Wildman–Crippen MR) is 111 cm³/mol. The Morgan fingerprint density at radius 3 is 2.14 bits per heavy atom. The molecule has 0 fully saturated rings. The van der Waals surface area contributed by atoms with E-state index in [2.05, 4.69) is 5.32 Å². The Kier molecular flexibility index (Phi) is 4.72. The maximum atomic E-state index is 12.9. The highest BCUT2D eigenvalue weighted by Crippen LogP contribution is 2.36. The van der Waals surface area contributed by atoms with Crippen LogP contribution in [0.2, 0.25) is 0 Å².